The molecule has 1 N–H and O–H groups in total. The molecule has 6 heteroatoms. The number of hydrogen-bond donors (Lipinski definition) is 1. The average molecular weight is 385 g/mol. The van der Waals surface area contributed by atoms with Crippen molar-refractivity contribution < 1.29 is 0 Å². The van der Waals surface area contributed by atoms with Crippen LogP contribution in [0.2, 0.25) is 0 Å². The van der Waals surface area contributed by atoms with E-state index in [2.05, 4.69) is 63.6 Å². The van der Waals surface area contributed by atoms with Gasteiger partial charge in [-0.25, -0.2) is 4.74 Å². The van der Waals surface area contributed by atoms with Gasteiger partial charge in [-0.2, -0.15) is 0 Å². The first-order valence-electron chi connectivity index (χ1n) is 9.78. The van der Waals surface area contributed by atoms with Gasteiger partial charge < -0.3 is 5.32 Å². The molecular weight excluding hydrogens is 347 g/mol. The fourth-order valence-electron chi connectivity index (χ4n) is 6.40. The summed E-state index contributed by atoms with van der Waals surface area (Å²) in [5.41, 5.74) is -0.0453. The zero-order valence-corrected chi connectivity index (χ0v) is 18.9. The van der Waals surface area contributed by atoms with Gasteiger partial charge in [-0.05, 0) is 117 Å². The number of hydrogen-bond acceptors (Lipinski definition) is 1. The molecule has 0 aromatic rings. The van der Waals surface area contributed by atoms with Crippen molar-refractivity contribution in [1.29, 1.82) is 0 Å². The lowest BCUT2D eigenvalue weighted by Gasteiger charge is -2.63. The molecule has 0 aromatic carbocycles. The van der Waals surface area contributed by atoms with Crippen LogP contribution in [0.1, 0.15) is 59.3 Å². The highest BCUT2D eigenvalue weighted by atomic mass is 32.1. The number of nitrogens with one attached hydrogen (secondary N) is 1. The number of nitrogens with zero attached hydrogens (tertiary/aromatic N) is 3. The SMILES string of the molecule is CN(C)P(=NC(=S)NC(C)(C)C)(N(C)C)C12CC3CC(CC(C3)C1)C2. The van der Waals surface area contributed by atoms with Crippen molar-refractivity contribution in [2.45, 2.75) is 70.0 Å². The summed E-state index contributed by atoms with van der Waals surface area (Å²) in [6, 6.07) is 0. The Bertz CT molecular complexity index is 543. The first-order chi connectivity index (χ1) is 11.5. The Morgan fingerprint density at radius 3 is 1.68 bits per heavy atom. The van der Waals surface area contributed by atoms with Crippen molar-refractivity contribution in [3.05, 3.63) is 0 Å². The summed E-state index contributed by atoms with van der Waals surface area (Å²) in [7, 11) is 7.03. The maximum Gasteiger partial charge on any atom is 0.194 e. The molecule has 25 heavy (non-hydrogen) atoms. The van der Waals surface area contributed by atoms with Gasteiger partial charge in [-0.1, -0.05) is 0 Å². The Labute approximate surface area is 160 Å². The normalized spacial score (nSPS) is 34.7. The molecule has 0 atom stereocenters. The van der Waals surface area contributed by atoms with Crippen LogP contribution in [0.3, 0.4) is 0 Å². The second-order valence-corrected chi connectivity index (χ2v) is 14.5. The second-order valence-electron chi connectivity index (χ2n) is 10.2. The summed E-state index contributed by atoms with van der Waals surface area (Å²) in [4.78, 5) is 0. The third kappa shape index (κ3) is 3.47. The standard InChI is InChI=1S/C19H37N4PS/c1-18(2,3)20-17(25)21-24(22(4)5,23(6)7)19-11-14-8-15(12-19)10-16(9-14)13-19/h14-16H,8-13H2,1-7H3,(H,20,25). The molecule has 4 rings (SSSR count). The van der Waals surface area contributed by atoms with Gasteiger partial charge in [0.05, 0.1) is 0 Å². The van der Waals surface area contributed by atoms with E-state index in [-0.39, 0.29) is 5.54 Å². The van der Waals surface area contributed by atoms with Crippen LogP contribution >= 0.6 is 19.6 Å². The lowest BCUT2D eigenvalue weighted by molar-refractivity contribution is 0.0307. The first kappa shape index (κ1) is 19.8. The van der Waals surface area contributed by atoms with Crippen molar-refractivity contribution in [2.24, 2.45) is 22.5 Å². The van der Waals surface area contributed by atoms with Crippen LogP contribution in [0, 0.1) is 17.8 Å². The van der Waals surface area contributed by atoms with E-state index < -0.39 is 7.36 Å². The van der Waals surface area contributed by atoms with E-state index in [9.17, 15) is 0 Å². The van der Waals surface area contributed by atoms with E-state index in [0.29, 0.717) is 10.3 Å². The maximum absolute atomic E-state index is 5.74. The van der Waals surface area contributed by atoms with Crippen LogP contribution in [-0.4, -0.2) is 53.3 Å². The molecule has 0 aromatic heterocycles. The lowest BCUT2D eigenvalue weighted by Crippen LogP contribution is -2.54. The van der Waals surface area contributed by atoms with Gasteiger partial charge in [0, 0.05) is 10.7 Å². The minimum absolute atomic E-state index is 0.0453. The summed E-state index contributed by atoms with van der Waals surface area (Å²) in [6.07, 6.45) is 8.45. The van der Waals surface area contributed by atoms with E-state index >= 15 is 0 Å². The van der Waals surface area contributed by atoms with Gasteiger partial charge in [0.2, 0.25) is 0 Å². The zero-order valence-electron chi connectivity index (χ0n) is 17.2. The zero-order chi connectivity index (χ0) is 18.6. The van der Waals surface area contributed by atoms with E-state index in [1.807, 2.05) is 0 Å². The highest BCUT2D eigenvalue weighted by Crippen LogP contribution is 2.75. The maximum atomic E-state index is 5.74. The van der Waals surface area contributed by atoms with Gasteiger partial charge in [-0.15, -0.1) is 0 Å². The van der Waals surface area contributed by atoms with Gasteiger partial charge in [0.25, 0.3) is 0 Å². The molecule has 0 amide bonds. The summed E-state index contributed by atoms with van der Waals surface area (Å²) in [6.45, 7) is 6.47. The van der Waals surface area contributed by atoms with Crippen molar-refractivity contribution in [3.8, 4) is 0 Å². The molecule has 4 fully saturated rings. The third-order valence-corrected chi connectivity index (χ3v) is 11.3. The Morgan fingerprint density at radius 2 is 1.36 bits per heavy atom. The third-order valence-electron chi connectivity index (χ3n) is 6.47. The van der Waals surface area contributed by atoms with Crippen LogP contribution in [0.25, 0.3) is 0 Å². The Morgan fingerprint density at radius 1 is 0.960 bits per heavy atom. The van der Waals surface area contributed by atoms with Gasteiger partial charge >= 0.3 is 0 Å². The second kappa shape index (κ2) is 6.58. The molecule has 0 saturated heterocycles. The molecule has 0 unspecified atom stereocenters. The number of thiocarbonyl (C=S) groups is 1. The van der Waals surface area contributed by atoms with Gasteiger partial charge in [0.15, 0.2) is 5.11 Å². The molecule has 4 saturated carbocycles. The lowest BCUT2D eigenvalue weighted by atomic mass is 9.56. The molecule has 0 aliphatic heterocycles. The molecule has 0 radical (unpaired) electrons. The van der Waals surface area contributed by atoms with Crippen molar-refractivity contribution in [3.63, 3.8) is 0 Å². The smallest absolute Gasteiger partial charge is 0.194 e. The van der Waals surface area contributed by atoms with Crippen LogP contribution in [0.5, 0.6) is 0 Å². The molecular formula is C19H37N4PS. The average Bonchev–Trinajstić information content (AvgIpc) is 2.40. The van der Waals surface area contributed by atoms with E-state index in [0.717, 1.165) is 17.8 Å². The minimum Gasteiger partial charge on any atom is -0.356 e. The highest BCUT2D eigenvalue weighted by molar-refractivity contribution is 7.81. The van der Waals surface area contributed by atoms with Crippen molar-refractivity contribution in [1.82, 2.24) is 14.7 Å². The predicted octanol–water partition coefficient (Wildman–Crippen LogP) is 4.78. The summed E-state index contributed by atoms with van der Waals surface area (Å²) in [5.74, 6) is 2.76. The van der Waals surface area contributed by atoms with Gasteiger partial charge in [0.1, 0.15) is 7.36 Å². The van der Waals surface area contributed by atoms with Crippen LogP contribution in [0.4, 0.5) is 0 Å². The molecule has 4 nitrogen and oxygen atoms in total. The minimum atomic E-state index is -1.89. The largest absolute Gasteiger partial charge is 0.356 e. The van der Waals surface area contributed by atoms with Crippen molar-refractivity contribution >= 4 is 24.7 Å². The first-order valence-corrected chi connectivity index (χ1v) is 11.8. The number of rotatable bonds is 3. The Balaban J connectivity index is 2.08. The molecule has 4 aliphatic carbocycles. The topological polar surface area (TPSA) is 30.9 Å². The fourth-order valence-corrected chi connectivity index (χ4v) is 11.8. The van der Waals surface area contributed by atoms with E-state index in [4.69, 9.17) is 17.0 Å². The predicted molar refractivity (Wildman–Crippen MR) is 113 cm³/mol. The van der Waals surface area contributed by atoms with Crippen LogP contribution in [0.15, 0.2) is 4.74 Å². The molecule has 144 valence electrons. The molecule has 4 bridgehead atoms. The molecule has 0 spiro atoms. The van der Waals surface area contributed by atoms with Gasteiger partial charge in [-0.3, -0.25) is 9.34 Å². The highest BCUT2D eigenvalue weighted by Gasteiger charge is 2.59. The summed E-state index contributed by atoms with van der Waals surface area (Å²) >= 11 is 5.74. The van der Waals surface area contributed by atoms with Crippen LogP contribution < -0.4 is 5.32 Å². The Kier molecular flexibility index (Phi) is 5.21. The van der Waals surface area contributed by atoms with E-state index in [1.54, 1.807) is 0 Å². The quantitative estimate of drug-likeness (QED) is 0.560. The summed E-state index contributed by atoms with van der Waals surface area (Å²) < 4.78 is 10.2. The molecule has 4 aliphatic rings. The fraction of sp³-hybridized carbons (Fsp3) is 0.947. The molecule has 0 heterocycles. The monoisotopic (exact) mass is 384 g/mol. The van der Waals surface area contributed by atoms with Crippen LogP contribution in [-0.2, 0) is 0 Å². The van der Waals surface area contributed by atoms with E-state index in [1.165, 1.54) is 38.5 Å². The Hall–Kier alpha value is 0.0400. The summed E-state index contributed by atoms with van der Waals surface area (Å²) in [5, 5.41) is 4.48. The van der Waals surface area contributed by atoms with Crippen molar-refractivity contribution in [2.75, 3.05) is 28.2 Å².